The molecular weight excluding hydrogens is 248 g/mol. The standard InChI is InChI=1S/C17H26N2O/c1-12-6-5-7-13(10-12)11-19(14-8-9-14)16(20)15(18)17(2,3)4/h5-7,10,14-15H,8-9,11,18H2,1-4H3. The Morgan fingerprint density at radius 1 is 1.40 bits per heavy atom. The lowest BCUT2D eigenvalue weighted by molar-refractivity contribution is -0.136. The lowest BCUT2D eigenvalue weighted by Gasteiger charge is -2.32. The quantitative estimate of drug-likeness (QED) is 0.917. The van der Waals surface area contributed by atoms with Gasteiger partial charge < -0.3 is 10.6 Å². The molecule has 1 saturated carbocycles. The Morgan fingerprint density at radius 3 is 2.55 bits per heavy atom. The van der Waals surface area contributed by atoms with Gasteiger partial charge in [-0.25, -0.2) is 0 Å². The van der Waals surface area contributed by atoms with E-state index in [1.165, 1.54) is 11.1 Å². The second-order valence-electron chi connectivity index (χ2n) is 7.03. The third-order valence-corrected chi connectivity index (χ3v) is 3.91. The zero-order valence-corrected chi connectivity index (χ0v) is 13.0. The molecule has 110 valence electrons. The van der Waals surface area contributed by atoms with Crippen LogP contribution in [-0.2, 0) is 11.3 Å². The van der Waals surface area contributed by atoms with E-state index in [-0.39, 0.29) is 11.3 Å². The molecule has 0 saturated heterocycles. The van der Waals surface area contributed by atoms with Crippen molar-refractivity contribution in [3.8, 4) is 0 Å². The monoisotopic (exact) mass is 274 g/mol. The molecule has 3 nitrogen and oxygen atoms in total. The van der Waals surface area contributed by atoms with E-state index in [1.54, 1.807) is 0 Å². The van der Waals surface area contributed by atoms with E-state index in [0.29, 0.717) is 12.6 Å². The van der Waals surface area contributed by atoms with Crippen molar-refractivity contribution < 1.29 is 4.79 Å². The van der Waals surface area contributed by atoms with Crippen LogP contribution in [0.4, 0.5) is 0 Å². The van der Waals surface area contributed by atoms with Crippen LogP contribution in [0.3, 0.4) is 0 Å². The number of nitrogens with zero attached hydrogens (tertiary/aromatic N) is 1. The summed E-state index contributed by atoms with van der Waals surface area (Å²) in [6, 6.07) is 8.30. The van der Waals surface area contributed by atoms with Gasteiger partial charge in [-0.1, -0.05) is 50.6 Å². The lowest BCUT2D eigenvalue weighted by Crippen LogP contribution is -2.50. The van der Waals surface area contributed by atoms with Gasteiger partial charge in [0.05, 0.1) is 6.04 Å². The van der Waals surface area contributed by atoms with Crippen LogP contribution in [0.2, 0.25) is 0 Å². The molecule has 1 unspecified atom stereocenters. The van der Waals surface area contributed by atoms with Gasteiger partial charge in [-0.05, 0) is 30.7 Å². The molecule has 0 bridgehead atoms. The highest BCUT2D eigenvalue weighted by Crippen LogP contribution is 2.31. The maximum absolute atomic E-state index is 12.7. The fraction of sp³-hybridized carbons (Fsp3) is 0.588. The summed E-state index contributed by atoms with van der Waals surface area (Å²) in [6.07, 6.45) is 2.21. The number of hydrogen-bond acceptors (Lipinski definition) is 2. The maximum Gasteiger partial charge on any atom is 0.240 e. The molecule has 1 amide bonds. The SMILES string of the molecule is Cc1cccc(CN(C(=O)C(N)C(C)(C)C)C2CC2)c1. The van der Waals surface area contributed by atoms with Gasteiger partial charge in [0.25, 0.3) is 0 Å². The second kappa shape index (κ2) is 5.57. The predicted octanol–water partition coefficient (Wildman–Crippen LogP) is 2.86. The van der Waals surface area contributed by atoms with E-state index in [9.17, 15) is 4.79 Å². The molecule has 2 rings (SSSR count). The van der Waals surface area contributed by atoms with E-state index in [1.807, 2.05) is 31.7 Å². The smallest absolute Gasteiger partial charge is 0.240 e. The summed E-state index contributed by atoms with van der Waals surface area (Å²) in [7, 11) is 0. The predicted molar refractivity (Wildman–Crippen MR) is 82.2 cm³/mol. The molecule has 20 heavy (non-hydrogen) atoms. The first-order chi connectivity index (χ1) is 9.29. The third-order valence-electron chi connectivity index (χ3n) is 3.91. The van der Waals surface area contributed by atoms with Crippen molar-refractivity contribution in [3.63, 3.8) is 0 Å². The highest BCUT2D eigenvalue weighted by molar-refractivity contribution is 5.83. The van der Waals surface area contributed by atoms with Crippen molar-refractivity contribution in [1.82, 2.24) is 4.90 Å². The van der Waals surface area contributed by atoms with E-state index in [0.717, 1.165) is 12.8 Å². The Labute approximate surface area is 122 Å². The van der Waals surface area contributed by atoms with Gasteiger partial charge in [0.15, 0.2) is 0 Å². The molecule has 0 heterocycles. The minimum Gasteiger partial charge on any atom is -0.334 e. The molecule has 3 heteroatoms. The zero-order valence-electron chi connectivity index (χ0n) is 13.0. The molecule has 1 aliphatic carbocycles. The third kappa shape index (κ3) is 3.60. The molecule has 1 aliphatic rings. The summed E-state index contributed by atoms with van der Waals surface area (Å²) in [5.41, 5.74) is 8.37. The fourth-order valence-corrected chi connectivity index (χ4v) is 2.33. The molecule has 1 fully saturated rings. The van der Waals surface area contributed by atoms with E-state index >= 15 is 0 Å². The summed E-state index contributed by atoms with van der Waals surface area (Å²) in [6.45, 7) is 8.82. The maximum atomic E-state index is 12.7. The Kier molecular flexibility index (Phi) is 4.19. The molecule has 0 radical (unpaired) electrons. The topological polar surface area (TPSA) is 46.3 Å². The van der Waals surface area contributed by atoms with E-state index < -0.39 is 6.04 Å². The average molecular weight is 274 g/mol. The van der Waals surface area contributed by atoms with Crippen molar-refractivity contribution in [2.24, 2.45) is 11.1 Å². The molecular formula is C17H26N2O. The molecule has 1 aromatic rings. The van der Waals surface area contributed by atoms with Gasteiger partial charge in [0.2, 0.25) is 5.91 Å². The summed E-state index contributed by atoms with van der Waals surface area (Å²) in [4.78, 5) is 14.6. The van der Waals surface area contributed by atoms with Gasteiger partial charge in [0, 0.05) is 12.6 Å². The number of aryl methyl sites for hydroxylation is 1. The fourth-order valence-electron chi connectivity index (χ4n) is 2.33. The minimum atomic E-state index is -0.437. The van der Waals surface area contributed by atoms with Crippen LogP contribution in [0.1, 0.15) is 44.7 Å². The second-order valence-corrected chi connectivity index (χ2v) is 7.03. The lowest BCUT2D eigenvalue weighted by atomic mass is 9.86. The number of nitrogens with two attached hydrogens (primary N) is 1. The number of amides is 1. The van der Waals surface area contributed by atoms with Crippen molar-refractivity contribution in [3.05, 3.63) is 35.4 Å². The summed E-state index contributed by atoms with van der Waals surface area (Å²) in [5.74, 6) is 0.0847. The van der Waals surface area contributed by atoms with Crippen LogP contribution >= 0.6 is 0 Å². The Balaban J connectivity index is 2.14. The highest BCUT2D eigenvalue weighted by atomic mass is 16.2. The average Bonchev–Trinajstić information content (AvgIpc) is 3.17. The van der Waals surface area contributed by atoms with Gasteiger partial charge >= 0.3 is 0 Å². The number of rotatable bonds is 4. The normalized spacial score (nSPS) is 16.9. The largest absolute Gasteiger partial charge is 0.334 e. The summed E-state index contributed by atoms with van der Waals surface area (Å²) < 4.78 is 0. The number of carbonyl (C=O) groups is 1. The number of carbonyl (C=O) groups excluding carboxylic acids is 1. The van der Waals surface area contributed by atoms with Crippen molar-refractivity contribution in [2.75, 3.05) is 0 Å². The molecule has 2 N–H and O–H groups in total. The van der Waals surface area contributed by atoms with Crippen molar-refractivity contribution >= 4 is 5.91 Å². The van der Waals surface area contributed by atoms with Crippen molar-refractivity contribution in [2.45, 2.75) is 59.2 Å². The van der Waals surface area contributed by atoms with Crippen LogP contribution < -0.4 is 5.73 Å². The highest BCUT2D eigenvalue weighted by Gasteiger charge is 2.38. The summed E-state index contributed by atoms with van der Waals surface area (Å²) >= 11 is 0. The minimum absolute atomic E-state index is 0.0847. The van der Waals surface area contributed by atoms with Crippen LogP contribution in [-0.4, -0.2) is 22.9 Å². The first kappa shape index (κ1) is 15.0. The van der Waals surface area contributed by atoms with Crippen LogP contribution in [0, 0.1) is 12.3 Å². The first-order valence-electron chi connectivity index (χ1n) is 7.40. The molecule has 0 aliphatic heterocycles. The van der Waals surface area contributed by atoms with E-state index in [4.69, 9.17) is 5.73 Å². The van der Waals surface area contributed by atoms with Gasteiger partial charge in [-0.2, -0.15) is 0 Å². The Bertz CT molecular complexity index is 486. The Morgan fingerprint density at radius 2 is 2.05 bits per heavy atom. The van der Waals surface area contributed by atoms with Gasteiger partial charge in [-0.3, -0.25) is 4.79 Å². The molecule has 0 spiro atoms. The molecule has 1 aromatic carbocycles. The van der Waals surface area contributed by atoms with Crippen molar-refractivity contribution in [1.29, 1.82) is 0 Å². The molecule has 0 aromatic heterocycles. The molecule has 1 atom stereocenters. The van der Waals surface area contributed by atoms with Crippen LogP contribution in [0.5, 0.6) is 0 Å². The zero-order chi connectivity index (χ0) is 14.9. The number of hydrogen-bond donors (Lipinski definition) is 1. The first-order valence-corrected chi connectivity index (χ1v) is 7.40. The summed E-state index contributed by atoms with van der Waals surface area (Å²) in [5, 5.41) is 0. The van der Waals surface area contributed by atoms with Gasteiger partial charge in [-0.15, -0.1) is 0 Å². The van der Waals surface area contributed by atoms with E-state index in [2.05, 4.69) is 25.1 Å². The van der Waals surface area contributed by atoms with Gasteiger partial charge in [0.1, 0.15) is 0 Å². The Hall–Kier alpha value is -1.35. The number of benzene rings is 1. The van der Waals surface area contributed by atoms with Crippen LogP contribution in [0.25, 0.3) is 0 Å². The van der Waals surface area contributed by atoms with Crippen LogP contribution in [0.15, 0.2) is 24.3 Å².